The van der Waals surface area contributed by atoms with E-state index in [1.807, 2.05) is 24.3 Å². The summed E-state index contributed by atoms with van der Waals surface area (Å²) in [6.07, 6.45) is 10.8. The molecule has 16 heavy (non-hydrogen) atoms. The lowest BCUT2D eigenvalue weighted by molar-refractivity contribution is -0.118. The fourth-order valence-corrected chi connectivity index (χ4v) is 1.94. The molecular weight excluding hydrogens is 196 g/mol. The van der Waals surface area contributed by atoms with E-state index in [-0.39, 0.29) is 11.7 Å². The lowest BCUT2D eigenvalue weighted by atomic mass is 9.90. The van der Waals surface area contributed by atoms with Crippen LogP contribution < -0.4 is 0 Å². The van der Waals surface area contributed by atoms with Gasteiger partial charge in [0.05, 0.1) is 0 Å². The Morgan fingerprint density at radius 3 is 2.81 bits per heavy atom. The van der Waals surface area contributed by atoms with E-state index in [0.717, 1.165) is 19.3 Å². The van der Waals surface area contributed by atoms with Gasteiger partial charge in [-0.25, -0.2) is 0 Å². The summed E-state index contributed by atoms with van der Waals surface area (Å²) in [6, 6.07) is 10.2. The lowest BCUT2D eigenvalue weighted by Gasteiger charge is -2.13. The minimum Gasteiger partial charge on any atom is -0.295 e. The molecule has 1 atom stereocenters. The maximum Gasteiger partial charge on any atom is 0.158 e. The number of allylic oxidation sites excluding steroid dienone is 3. The second kappa shape index (κ2) is 5.45. The van der Waals surface area contributed by atoms with Gasteiger partial charge in [-0.3, -0.25) is 4.79 Å². The first-order valence-corrected chi connectivity index (χ1v) is 5.78. The molecule has 0 heterocycles. The number of benzene rings is 1. The minimum atomic E-state index is 0.199. The Morgan fingerprint density at radius 2 is 2.06 bits per heavy atom. The maximum absolute atomic E-state index is 11.5. The summed E-state index contributed by atoms with van der Waals surface area (Å²) in [5.74, 6) is 0.480. The van der Waals surface area contributed by atoms with E-state index in [1.165, 1.54) is 5.56 Å². The highest BCUT2D eigenvalue weighted by Crippen LogP contribution is 2.19. The van der Waals surface area contributed by atoms with Crippen LogP contribution in [0.2, 0.25) is 0 Å². The van der Waals surface area contributed by atoms with Crippen molar-refractivity contribution in [1.82, 2.24) is 0 Å². The molecule has 0 amide bonds. The van der Waals surface area contributed by atoms with Crippen molar-refractivity contribution in [1.29, 1.82) is 0 Å². The van der Waals surface area contributed by atoms with Crippen LogP contribution in [0.15, 0.2) is 48.6 Å². The van der Waals surface area contributed by atoms with Crippen LogP contribution in [0.5, 0.6) is 0 Å². The highest BCUT2D eigenvalue weighted by molar-refractivity contribution is 5.92. The van der Waals surface area contributed by atoms with Gasteiger partial charge in [-0.05, 0) is 30.9 Å². The Balaban J connectivity index is 1.90. The van der Waals surface area contributed by atoms with Crippen molar-refractivity contribution in [2.24, 2.45) is 5.92 Å². The normalized spacial score (nSPS) is 20.5. The maximum atomic E-state index is 11.5. The molecule has 0 aromatic heterocycles. The first-order valence-electron chi connectivity index (χ1n) is 5.78. The van der Waals surface area contributed by atoms with Crippen LogP contribution in [-0.2, 0) is 4.79 Å². The van der Waals surface area contributed by atoms with Crippen molar-refractivity contribution < 1.29 is 4.79 Å². The van der Waals surface area contributed by atoms with Crippen molar-refractivity contribution in [2.75, 3.05) is 0 Å². The SMILES string of the molecule is O=C1C=CCCC1CC=Cc1ccccc1. The van der Waals surface area contributed by atoms with Crippen LogP contribution >= 0.6 is 0 Å². The monoisotopic (exact) mass is 212 g/mol. The van der Waals surface area contributed by atoms with Crippen LogP contribution in [0.1, 0.15) is 24.8 Å². The Hall–Kier alpha value is -1.63. The van der Waals surface area contributed by atoms with Crippen LogP contribution in [0.25, 0.3) is 6.08 Å². The van der Waals surface area contributed by atoms with Crippen molar-refractivity contribution in [2.45, 2.75) is 19.3 Å². The fourth-order valence-electron chi connectivity index (χ4n) is 1.94. The van der Waals surface area contributed by atoms with E-state index >= 15 is 0 Å². The number of hydrogen-bond donors (Lipinski definition) is 0. The largest absolute Gasteiger partial charge is 0.295 e. The van der Waals surface area contributed by atoms with Crippen molar-refractivity contribution in [3.8, 4) is 0 Å². The summed E-state index contributed by atoms with van der Waals surface area (Å²) in [7, 11) is 0. The zero-order valence-corrected chi connectivity index (χ0v) is 9.30. The van der Waals surface area contributed by atoms with Gasteiger partial charge >= 0.3 is 0 Å². The molecule has 0 saturated heterocycles. The average Bonchev–Trinajstić information content (AvgIpc) is 2.33. The number of hydrogen-bond acceptors (Lipinski definition) is 1. The third-order valence-corrected chi connectivity index (χ3v) is 2.90. The van der Waals surface area contributed by atoms with Gasteiger partial charge in [-0.1, -0.05) is 48.6 Å². The zero-order chi connectivity index (χ0) is 11.2. The Morgan fingerprint density at radius 1 is 1.25 bits per heavy atom. The molecule has 0 bridgehead atoms. The van der Waals surface area contributed by atoms with Gasteiger partial charge in [-0.2, -0.15) is 0 Å². The summed E-state index contributed by atoms with van der Waals surface area (Å²) in [5.41, 5.74) is 1.20. The molecule has 1 aliphatic rings. The van der Waals surface area contributed by atoms with E-state index < -0.39 is 0 Å². The standard InChI is InChI=1S/C15H16O/c16-15-12-5-4-10-14(15)11-6-9-13-7-2-1-3-8-13/h1-3,5-9,12,14H,4,10-11H2. The molecule has 0 spiro atoms. The molecule has 1 heteroatoms. The highest BCUT2D eigenvalue weighted by Gasteiger charge is 2.16. The third-order valence-electron chi connectivity index (χ3n) is 2.90. The van der Waals surface area contributed by atoms with E-state index in [9.17, 15) is 4.79 Å². The molecule has 1 aromatic rings. The van der Waals surface area contributed by atoms with Gasteiger partial charge in [0, 0.05) is 5.92 Å². The molecule has 1 aliphatic carbocycles. The van der Waals surface area contributed by atoms with Crippen molar-refractivity contribution >= 4 is 11.9 Å². The molecular formula is C15H16O. The number of rotatable bonds is 3. The Labute approximate surface area is 96.5 Å². The van der Waals surface area contributed by atoms with Gasteiger partial charge < -0.3 is 0 Å². The second-order valence-corrected chi connectivity index (χ2v) is 4.13. The van der Waals surface area contributed by atoms with Gasteiger partial charge in [0.1, 0.15) is 0 Å². The molecule has 82 valence electrons. The molecule has 0 radical (unpaired) electrons. The fraction of sp³-hybridized carbons (Fsp3) is 0.267. The Bertz CT molecular complexity index is 401. The third kappa shape index (κ3) is 2.93. The summed E-state index contributed by atoms with van der Waals surface area (Å²) in [5, 5.41) is 0. The summed E-state index contributed by atoms with van der Waals surface area (Å²) < 4.78 is 0. The summed E-state index contributed by atoms with van der Waals surface area (Å²) >= 11 is 0. The highest BCUT2D eigenvalue weighted by atomic mass is 16.1. The second-order valence-electron chi connectivity index (χ2n) is 4.13. The summed E-state index contributed by atoms with van der Waals surface area (Å²) in [6.45, 7) is 0. The van der Waals surface area contributed by atoms with Gasteiger partial charge in [0.2, 0.25) is 0 Å². The number of carbonyl (C=O) groups is 1. The van der Waals surface area contributed by atoms with Crippen LogP contribution in [0, 0.1) is 5.92 Å². The van der Waals surface area contributed by atoms with Gasteiger partial charge in [-0.15, -0.1) is 0 Å². The minimum absolute atomic E-state index is 0.199. The van der Waals surface area contributed by atoms with Gasteiger partial charge in [0.25, 0.3) is 0 Å². The summed E-state index contributed by atoms with van der Waals surface area (Å²) in [4.78, 5) is 11.5. The van der Waals surface area contributed by atoms with Crippen LogP contribution in [0.3, 0.4) is 0 Å². The predicted molar refractivity (Wildman–Crippen MR) is 67.0 cm³/mol. The molecule has 1 aromatic carbocycles. The van der Waals surface area contributed by atoms with Crippen molar-refractivity contribution in [3.05, 3.63) is 54.1 Å². The van der Waals surface area contributed by atoms with E-state index in [4.69, 9.17) is 0 Å². The number of carbonyl (C=O) groups excluding carboxylic acids is 1. The van der Waals surface area contributed by atoms with E-state index in [1.54, 1.807) is 6.08 Å². The molecule has 0 N–H and O–H groups in total. The molecule has 0 fully saturated rings. The first kappa shape index (κ1) is 10.9. The van der Waals surface area contributed by atoms with Crippen molar-refractivity contribution in [3.63, 3.8) is 0 Å². The molecule has 0 saturated carbocycles. The van der Waals surface area contributed by atoms with Gasteiger partial charge in [0.15, 0.2) is 5.78 Å². The quantitative estimate of drug-likeness (QED) is 0.747. The van der Waals surface area contributed by atoms with Crippen LogP contribution in [-0.4, -0.2) is 5.78 Å². The number of ketones is 1. The molecule has 1 unspecified atom stereocenters. The van der Waals surface area contributed by atoms with Crippen LogP contribution in [0.4, 0.5) is 0 Å². The Kier molecular flexibility index (Phi) is 3.71. The average molecular weight is 212 g/mol. The predicted octanol–water partition coefficient (Wildman–Crippen LogP) is 3.63. The first-order chi connectivity index (χ1) is 7.86. The molecule has 0 aliphatic heterocycles. The topological polar surface area (TPSA) is 17.1 Å². The van der Waals surface area contributed by atoms with E-state index in [0.29, 0.717) is 0 Å². The molecule has 2 rings (SSSR count). The smallest absolute Gasteiger partial charge is 0.158 e. The molecule has 1 nitrogen and oxygen atoms in total. The zero-order valence-electron chi connectivity index (χ0n) is 9.30. The lowest BCUT2D eigenvalue weighted by Crippen LogP contribution is -2.13. The van der Waals surface area contributed by atoms with E-state index in [2.05, 4.69) is 24.3 Å².